The van der Waals surface area contributed by atoms with Gasteiger partial charge in [0.15, 0.2) is 0 Å². The van der Waals surface area contributed by atoms with Gasteiger partial charge in [0, 0.05) is 24.0 Å². The summed E-state index contributed by atoms with van der Waals surface area (Å²) in [5.74, 6) is 1.44. The molecule has 1 aromatic carbocycles. The molecule has 1 saturated heterocycles. The number of fused-ring (bicyclic) bond motifs is 1. The first-order chi connectivity index (χ1) is 15.2. The molecule has 4 heteroatoms. The van der Waals surface area contributed by atoms with Gasteiger partial charge < -0.3 is 14.3 Å². The van der Waals surface area contributed by atoms with Gasteiger partial charge in [0.1, 0.15) is 11.5 Å². The number of ether oxygens (including phenoxy) is 1. The second-order valence-electron chi connectivity index (χ2n) is 9.74. The van der Waals surface area contributed by atoms with E-state index in [1.165, 1.54) is 6.42 Å². The maximum atomic E-state index is 13.3. The summed E-state index contributed by atoms with van der Waals surface area (Å²) in [7, 11) is 0. The highest BCUT2D eigenvalue weighted by molar-refractivity contribution is 5.47. The van der Waals surface area contributed by atoms with E-state index < -0.39 is 0 Å². The van der Waals surface area contributed by atoms with Crippen LogP contribution in [0.5, 0.6) is 5.75 Å². The molecule has 3 unspecified atom stereocenters. The minimum Gasteiger partial charge on any atom is -0.507 e. The first-order valence-electron chi connectivity index (χ1n) is 12.3. The van der Waals surface area contributed by atoms with Crippen LogP contribution in [0.4, 0.5) is 0 Å². The third kappa shape index (κ3) is 4.45. The van der Waals surface area contributed by atoms with Crippen LogP contribution in [0.3, 0.4) is 0 Å². The Kier molecular flexibility index (Phi) is 6.17. The van der Waals surface area contributed by atoms with Crippen molar-refractivity contribution in [1.82, 2.24) is 0 Å². The third-order valence-corrected chi connectivity index (χ3v) is 7.50. The third-order valence-electron chi connectivity index (χ3n) is 7.50. The molecule has 1 aliphatic heterocycles. The smallest absolute Gasteiger partial charge is 0.343 e. The number of aromatic hydroxyl groups is 1. The van der Waals surface area contributed by atoms with E-state index in [1.54, 1.807) is 0 Å². The van der Waals surface area contributed by atoms with Crippen molar-refractivity contribution in [3.05, 3.63) is 63.2 Å². The maximum Gasteiger partial charge on any atom is 0.343 e. The summed E-state index contributed by atoms with van der Waals surface area (Å²) in [6.07, 6.45) is 11.8. The summed E-state index contributed by atoms with van der Waals surface area (Å²) in [6, 6.07) is 10.2. The van der Waals surface area contributed by atoms with Gasteiger partial charge in [-0.2, -0.15) is 0 Å². The predicted octanol–water partition coefficient (Wildman–Crippen LogP) is 6.05. The Labute approximate surface area is 184 Å². The van der Waals surface area contributed by atoms with E-state index in [9.17, 15) is 9.90 Å². The van der Waals surface area contributed by atoms with Gasteiger partial charge in [0.05, 0.1) is 11.7 Å². The van der Waals surface area contributed by atoms with Gasteiger partial charge in [-0.1, -0.05) is 43.2 Å². The zero-order chi connectivity index (χ0) is 21.2. The summed E-state index contributed by atoms with van der Waals surface area (Å²) in [5, 5.41) is 11.5. The fraction of sp³-hybridized carbons (Fsp3) is 0.593. The molecule has 31 heavy (non-hydrogen) atoms. The van der Waals surface area contributed by atoms with Crippen LogP contribution >= 0.6 is 0 Å². The summed E-state index contributed by atoms with van der Waals surface area (Å²) >= 11 is 0. The van der Waals surface area contributed by atoms with E-state index in [4.69, 9.17) is 9.15 Å². The van der Waals surface area contributed by atoms with Crippen LogP contribution in [0.1, 0.15) is 98.5 Å². The Bertz CT molecular complexity index is 938. The van der Waals surface area contributed by atoms with Crippen molar-refractivity contribution < 1.29 is 14.3 Å². The molecule has 4 nitrogen and oxygen atoms in total. The van der Waals surface area contributed by atoms with Crippen LogP contribution in [0.25, 0.3) is 0 Å². The first kappa shape index (κ1) is 20.8. The van der Waals surface area contributed by atoms with Crippen molar-refractivity contribution in [2.24, 2.45) is 5.92 Å². The second-order valence-corrected chi connectivity index (χ2v) is 9.74. The highest BCUT2D eigenvalue weighted by atomic mass is 16.5. The number of benzene rings is 1. The lowest BCUT2D eigenvalue weighted by atomic mass is 9.82. The molecule has 0 spiro atoms. The normalized spacial score (nSPS) is 25.3. The zero-order valence-electron chi connectivity index (χ0n) is 18.4. The number of hydrogen-bond acceptors (Lipinski definition) is 4. The first-order valence-corrected chi connectivity index (χ1v) is 12.3. The van der Waals surface area contributed by atoms with E-state index >= 15 is 0 Å². The molecule has 2 heterocycles. The van der Waals surface area contributed by atoms with Crippen molar-refractivity contribution in [1.29, 1.82) is 0 Å². The van der Waals surface area contributed by atoms with Crippen molar-refractivity contribution in [3.63, 3.8) is 0 Å². The van der Waals surface area contributed by atoms with Crippen LogP contribution in [0.15, 0.2) is 39.5 Å². The Morgan fingerprint density at radius 2 is 1.77 bits per heavy atom. The van der Waals surface area contributed by atoms with Crippen LogP contribution in [-0.2, 0) is 11.2 Å². The summed E-state index contributed by atoms with van der Waals surface area (Å²) in [4.78, 5) is 13.3. The van der Waals surface area contributed by atoms with E-state index in [2.05, 4.69) is 12.1 Å². The zero-order valence-corrected chi connectivity index (χ0v) is 18.4. The van der Waals surface area contributed by atoms with E-state index in [0.717, 1.165) is 87.7 Å². The SMILES string of the molecule is O=c1oc2c(c(O)c1C(c1ccccc1)C1CC1)CCCCCC2CC1CCCCO1. The molecule has 1 saturated carbocycles. The lowest BCUT2D eigenvalue weighted by Gasteiger charge is -2.29. The number of hydrogen-bond donors (Lipinski definition) is 1. The van der Waals surface area contributed by atoms with Crippen molar-refractivity contribution in [2.45, 2.75) is 88.6 Å². The molecule has 1 N–H and O–H groups in total. The molecule has 1 aromatic heterocycles. The molecule has 0 radical (unpaired) electrons. The lowest BCUT2D eigenvalue weighted by Crippen LogP contribution is -2.24. The Morgan fingerprint density at radius 1 is 0.968 bits per heavy atom. The minimum absolute atomic E-state index is 0.0756. The standard InChI is InChI=1S/C27H34O4/c28-25-22-13-6-2-5-11-20(17-21-12-7-8-16-30-21)26(22)31-27(29)24(25)23(19-14-15-19)18-9-3-1-4-10-18/h1,3-4,9-10,19-21,23,28H,2,5-8,11-17H2. The van der Waals surface area contributed by atoms with Gasteiger partial charge in [-0.05, 0) is 69.3 Å². The fourth-order valence-corrected chi connectivity index (χ4v) is 5.74. The molecule has 3 aliphatic rings. The quantitative estimate of drug-likeness (QED) is 0.637. The molecule has 0 bridgehead atoms. The molecular weight excluding hydrogens is 388 g/mol. The topological polar surface area (TPSA) is 59.7 Å². The highest BCUT2D eigenvalue weighted by Gasteiger charge is 2.39. The Morgan fingerprint density at radius 3 is 2.52 bits per heavy atom. The summed E-state index contributed by atoms with van der Waals surface area (Å²) in [6.45, 7) is 0.832. The summed E-state index contributed by atoms with van der Waals surface area (Å²) in [5.41, 5.74) is 2.13. The summed E-state index contributed by atoms with van der Waals surface area (Å²) < 4.78 is 12.1. The molecule has 2 fully saturated rings. The second kappa shape index (κ2) is 9.20. The predicted molar refractivity (Wildman–Crippen MR) is 121 cm³/mol. The molecule has 2 aliphatic carbocycles. The van der Waals surface area contributed by atoms with Crippen molar-refractivity contribution in [2.75, 3.05) is 6.61 Å². The molecular formula is C27H34O4. The highest BCUT2D eigenvalue weighted by Crippen LogP contribution is 2.49. The minimum atomic E-state index is -0.341. The van der Waals surface area contributed by atoms with Gasteiger partial charge in [0.25, 0.3) is 0 Å². The van der Waals surface area contributed by atoms with Crippen LogP contribution < -0.4 is 5.63 Å². The van der Waals surface area contributed by atoms with Gasteiger partial charge in [-0.15, -0.1) is 0 Å². The largest absolute Gasteiger partial charge is 0.507 e. The Balaban J connectivity index is 1.55. The molecule has 0 amide bonds. The Hall–Kier alpha value is -2.07. The van der Waals surface area contributed by atoms with Crippen molar-refractivity contribution >= 4 is 0 Å². The van der Waals surface area contributed by atoms with E-state index in [-0.39, 0.29) is 29.3 Å². The molecule has 3 atom stereocenters. The molecule has 2 aromatic rings. The average molecular weight is 423 g/mol. The van der Waals surface area contributed by atoms with Crippen LogP contribution in [0, 0.1) is 5.92 Å². The van der Waals surface area contributed by atoms with Gasteiger partial charge in [-0.25, -0.2) is 4.79 Å². The fourth-order valence-electron chi connectivity index (χ4n) is 5.74. The monoisotopic (exact) mass is 422 g/mol. The molecule has 5 rings (SSSR count). The van der Waals surface area contributed by atoms with Crippen LogP contribution in [-0.4, -0.2) is 17.8 Å². The maximum absolute atomic E-state index is 13.3. The van der Waals surface area contributed by atoms with E-state index in [0.29, 0.717) is 11.5 Å². The van der Waals surface area contributed by atoms with Gasteiger partial charge >= 0.3 is 5.63 Å². The van der Waals surface area contributed by atoms with E-state index in [1.807, 2.05) is 18.2 Å². The van der Waals surface area contributed by atoms with Crippen LogP contribution in [0.2, 0.25) is 0 Å². The van der Waals surface area contributed by atoms with Crippen molar-refractivity contribution in [3.8, 4) is 5.75 Å². The molecule has 166 valence electrons. The number of rotatable bonds is 5. The lowest BCUT2D eigenvalue weighted by molar-refractivity contribution is 0.00480. The van der Waals surface area contributed by atoms with Gasteiger partial charge in [-0.3, -0.25) is 0 Å². The average Bonchev–Trinajstić information content (AvgIpc) is 3.61. The van der Waals surface area contributed by atoms with Gasteiger partial charge in [0.2, 0.25) is 0 Å².